The summed E-state index contributed by atoms with van der Waals surface area (Å²) in [5.74, 6) is -0.785. The number of allylic oxidation sites excluding steroid dienone is 2. The van der Waals surface area contributed by atoms with Gasteiger partial charge in [0.05, 0.1) is 11.8 Å². The maximum Gasteiger partial charge on any atom is 0.240 e. The molecule has 5 rings (SSSR count). The fourth-order valence-corrected chi connectivity index (χ4v) is 5.62. The first-order chi connectivity index (χ1) is 15.0. The molecule has 7 nitrogen and oxygen atoms in total. The van der Waals surface area contributed by atoms with Crippen molar-refractivity contribution in [1.82, 2.24) is 20.0 Å². The molecular formula is C24H30N4O3. The number of hydrogen-bond acceptors (Lipinski definition) is 5. The molecule has 2 heterocycles. The van der Waals surface area contributed by atoms with Gasteiger partial charge in [0.2, 0.25) is 17.7 Å². The van der Waals surface area contributed by atoms with Crippen molar-refractivity contribution < 1.29 is 14.4 Å². The van der Waals surface area contributed by atoms with Crippen LogP contribution in [0.2, 0.25) is 0 Å². The van der Waals surface area contributed by atoms with Crippen molar-refractivity contribution in [2.24, 2.45) is 23.7 Å². The Balaban J connectivity index is 1.14. The number of likely N-dealkylation sites (N-methyl/N-ethyl adjacent to an activating group) is 1. The summed E-state index contributed by atoms with van der Waals surface area (Å²) in [5.41, 5.74) is 2.26. The lowest BCUT2D eigenvalue weighted by molar-refractivity contribution is -0.144. The molecule has 4 atom stereocenters. The first kappa shape index (κ1) is 20.4. The summed E-state index contributed by atoms with van der Waals surface area (Å²) in [6.07, 6.45) is 5.03. The molecule has 3 amide bonds. The van der Waals surface area contributed by atoms with Crippen LogP contribution in [0.15, 0.2) is 36.4 Å². The highest BCUT2D eigenvalue weighted by atomic mass is 16.2. The number of hydrogen-bond donors (Lipinski definition) is 1. The fourth-order valence-electron chi connectivity index (χ4n) is 5.62. The normalized spacial score (nSPS) is 30.3. The minimum absolute atomic E-state index is 0.169. The molecule has 1 aromatic carbocycles. The van der Waals surface area contributed by atoms with Crippen molar-refractivity contribution in [3.05, 3.63) is 47.5 Å². The number of likely N-dealkylation sites (tertiary alicyclic amines) is 1. The number of nitrogens with zero attached hydrogens (tertiary/aromatic N) is 3. The van der Waals surface area contributed by atoms with Crippen molar-refractivity contribution in [3.63, 3.8) is 0 Å². The zero-order valence-corrected chi connectivity index (χ0v) is 18.0. The molecule has 2 aliphatic heterocycles. The van der Waals surface area contributed by atoms with Gasteiger partial charge in [-0.05, 0) is 36.4 Å². The van der Waals surface area contributed by atoms with Crippen LogP contribution in [0, 0.1) is 23.7 Å². The Kier molecular flexibility index (Phi) is 5.40. The van der Waals surface area contributed by atoms with Crippen LogP contribution in [-0.2, 0) is 27.5 Å². The second-order valence-corrected chi connectivity index (χ2v) is 9.44. The van der Waals surface area contributed by atoms with E-state index in [1.165, 1.54) is 10.5 Å². The Bertz CT molecular complexity index is 891. The molecule has 2 aliphatic carbocycles. The van der Waals surface area contributed by atoms with E-state index >= 15 is 0 Å². The average Bonchev–Trinajstić information content (AvgIpc) is 3.44. The van der Waals surface area contributed by atoms with Crippen molar-refractivity contribution >= 4 is 17.7 Å². The van der Waals surface area contributed by atoms with Crippen LogP contribution in [0.3, 0.4) is 0 Å². The summed E-state index contributed by atoms with van der Waals surface area (Å²) in [6.45, 7) is 5.43. The molecule has 1 aromatic rings. The predicted molar refractivity (Wildman–Crippen MR) is 115 cm³/mol. The third-order valence-corrected chi connectivity index (χ3v) is 7.35. The summed E-state index contributed by atoms with van der Waals surface area (Å²) in [7, 11) is 2.15. The van der Waals surface area contributed by atoms with E-state index in [9.17, 15) is 14.4 Å². The van der Waals surface area contributed by atoms with E-state index < -0.39 is 0 Å². The Hall–Kier alpha value is -2.51. The van der Waals surface area contributed by atoms with Crippen molar-refractivity contribution in [2.75, 3.05) is 39.8 Å². The number of nitrogens with one attached hydrogen (secondary N) is 1. The maximum absolute atomic E-state index is 12.7. The van der Waals surface area contributed by atoms with E-state index in [0.717, 1.165) is 44.7 Å². The molecule has 31 heavy (non-hydrogen) atoms. The highest BCUT2D eigenvalue weighted by molar-refractivity contribution is 6.08. The average molecular weight is 423 g/mol. The fraction of sp³-hybridized carbons (Fsp3) is 0.542. The number of carbonyl (C=O) groups excluding carboxylic acids is 3. The van der Waals surface area contributed by atoms with Crippen molar-refractivity contribution in [3.8, 4) is 0 Å². The summed E-state index contributed by atoms with van der Waals surface area (Å²) in [5, 5.41) is 2.89. The molecule has 2 bridgehead atoms. The molecule has 3 fully saturated rings. The number of amides is 3. The topological polar surface area (TPSA) is 73.0 Å². The lowest BCUT2D eigenvalue weighted by Gasteiger charge is -2.32. The maximum atomic E-state index is 12.7. The molecule has 0 radical (unpaired) electrons. The quantitative estimate of drug-likeness (QED) is 0.544. The second-order valence-electron chi connectivity index (χ2n) is 9.44. The van der Waals surface area contributed by atoms with Crippen molar-refractivity contribution in [2.45, 2.75) is 19.5 Å². The molecule has 0 aromatic heterocycles. The van der Waals surface area contributed by atoms with E-state index in [4.69, 9.17) is 0 Å². The second kappa shape index (κ2) is 8.20. The molecule has 4 aliphatic rings. The molecule has 7 heteroatoms. The minimum Gasteiger partial charge on any atom is -0.350 e. The van der Waals surface area contributed by atoms with E-state index in [1.54, 1.807) is 0 Å². The van der Waals surface area contributed by atoms with Crippen molar-refractivity contribution in [1.29, 1.82) is 0 Å². The number of rotatable bonds is 6. The third-order valence-electron chi connectivity index (χ3n) is 7.35. The van der Waals surface area contributed by atoms with Crippen LogP contribution in [0.4, 0.5) is 0 Å². The molecule has 1 saturated carbocycles. The molecule has 164 valence electrons. The van der Waals surface area contributed by atoms with E-state index in [1.807, 2.05) is 12.1 Å². The standard InChI is InChI=1S/C24H30N4O3/c1-26-7-9-27(10-8-26)14-17-4-2-3-16(11-17)13-25-20(29)15-28-23(30)21-18-5-6-19(12-18)22(21)24(28)31/h2-6,11,18-19,21-22H,7-10,12-15H2,1H3,(H,25,29). The number of piperazine rings is 1. The van der Waals surface area contributed by atoms with Crippen LogP contribution in [0.1, 0.15) is 17.5 Å². The highest BCUT2D eigenvalue weighted by Gasteiger charge is 2.59. The largest absolute Gasteiger partial charge is 0.350 e. The number of fused-ring (bicyclic) bond motifs is 5. The van der Waals surface area contributed by atoms with Gasteiger partial charge in [0.1, 0.15) is 6.54 Å². The SMILES string of the molecule is CN1CCN(Cc2cccc(CNC(=O)CN3C(=O)C4C5C=CC(C5)C4C3=O)c2)CC1. The third kappa shape index (κ3) is 3.92. The Labute approximate surface area is 183 Å². The summed E-state index contributed by atoms with van der Waals surface area (Å²) in [6, 6.07) is 8.25. The van der Waals surface area contributed by atoms with Crippen LogP contribution < -0.4 is 5.32 Å². The van der Waals surface area contributed by atoms with Gasteiger partial charge in [-0.25, -0.2) is 0 Å². The Morgan fingerprint density at radius 1 is 1.00 bits per heavy atom. The van der Waals surface area contributed by atoms with Gasteiger partial charge < -0.3 is 10.2 Å². The van der Waals surface area contributed by atoms with Gasteiger partial charge in [0, 0.05) is 39.3 Å². The lowest BCUT2D eigenvalue weighted by Crippen LogP contribution is -2.43. The van der Waals surface area contributed by atoms with E-state index in [2.05, 4.69) is 46.4 Å². The first-order valence-electron chi connectivity index (χ1n) is 11.3. The Morgan fingerprint density at radius 3 is 2.32 bits per heavy atom. The van der Waals surface area contributed by atoms with Gasteiger partial charge in [-0.2, -0.15) is 0 Å². The summed E-state index contributed by atoms with van der Waals surface area (Å²) >= 11 is 0. The van der Waals surface area contributed by atoms with Crippen LogP contribution in [0.25, 0.3) is 0 Å². The monoisotopic (exact) mass is 422 g/mol. The van der Waals surface area contributed by atoms with Gasteiger partial charge in [-0.15, -0.1) is 0 Å². The van der Waals surface area contributed by atoms with E-state index in [-0.39, 0.29) is 47.9 Å². The number of benzene rings is 1. The summed E-state index contributed by atoms with van der Waals surface area (Å²) in [4.78, 5) is 43.9. The zero-order valence-electron chi connectivity index (χ0n) is 18.0. The lowest BCUT2D eigenvalue weighted by atomic mass is 9.85. The van der Waals surface area contributed by atoms with Gasteiger partial charge in [0.15, 0.2) is 0 Å². The zero-order chi connectivity index (χ0) is 21.5. The minimum atomic E-state index is -0.286. The first-order valence-corrected chi connectivity index (χ1v) is 11.3. The Morgan fingerprint density at radius 2 is 1.65 bits per heavy atom. The van der Waals surface area contributed by atoms with Crippen LogP contribution >= 0.6 is 0 Å². The predicted octanol–water partition coefficient (Wildman–Crippen LogP) is 0.857. The van der Waals surface area contributed by atoms with E-state index in [0.29, 0.717) is 6.54 Å². The number of imide groups is 1. The molecule has 2 saturated heterocycles. The smallest absolute Gasteiger partial charge is 0.240 e. The van der Waals surface area contributed by atoms with Crippen LogP contribution in [0.5, 0.6) is 0 Å². The van der Waals surface area contributed by atoms with Gasteiger partial charge in [0.25, 0.3) is 0 Å². The van der Waals surface area contributed by atoms with Crippen LogP contribution in [-0.4, -0.2) is 72.2 Å². The summed E-state index contributed by atoms with van der Waals surface area (Å²) < 4.78 is 0. The molecule has 4 unspecified atom stereocenters. The van der Waals surface area contributed by atoms with Gasteiger partial charge >= 0.3 is 0 Å². The number of carbonyl (C=O) groups is 3. The molecular weight excluding hydrogens is 392 g/mol. The van der Waals surface area contributed by atoms with Gasteiger partial charge in [-0.3, -0.25) is 24.2 Å². The van der Waals surface area contributed by atoms with Gasteiger partial charge in [-0.1, -0.05) is 36.4 Å². The molecule has 0 spiro atoms. The highest BCUT2D eigenvalue weighted by Crippen LogP contribution is 2.52. The molecule has 1 N–H and O–H groups in total.